The quantitative estimate of drug-likeness (QED) is 0.270. The second kappa shape index (κ2) is 9.79. The number of hydrazone groups is 1. The molecule has 0 bridgehead atoms. The minimum Gasteiger partial charge on any atom is -0.484 e. The van der Waals surface area contributed by atoms with Gasteiger partial charge in [0.05, 0.1) is 5.69 Å². The molecule has 1 fully saturated rings. The van der Waals surface area contributed by atoms with E-state index in [-0.39, 0.29) is 11.7 Å². The first kappa shape index (κ1) is 21.9. The van der Waals surface area contributed by atoms with Crippen LogP contribution in [-0.4, -0.2) is 35.7 Å². The maximum atomic E-state index is 12.8. The largest absolute Gasteiger partial charge is 0.484 e. The van der Waals surface area contributed by atoms with E-state index in [2.05, 4.69) is 31.8 Å². The molecule has 0 aromatic heterocycles. The lowest BCUT2D eigenvalue weighted by Crippen LogP contribution is -2.58. The second-order valence-corrected chi connectivity index (χ2v) is 7.72. The van der Waals surface area contributed by atoms with Gasteiger partial charge in [-0.05, 0) is 60.7 Å². The molecule has 1 saturated heterocycles. The van der Waals surface area contributed by atoms with Crippen molar-refractivity contribution in [2.45, 2.75) is 0 Å². The molecule has 0 saturated carbocycles. The SMILES string of the molecule is O=C(COc1ccc(Cl)cc1)N/N=C\[C@@H]1C(=O)NC(=S)N(c2ccc(Br)cc2)C1=O. The molecule has 1 atom stereocenters. The van der Waals surface area contributed by atoms with Gasteiger partial charge >= 0.3 is 0 Å². The zero-order chi connectivity index (χ0) is 21.7. The van der Waals surface area contributed by atoms with Crippen LogP contribution in [0.4, 0.5) is 5.69 Å². The van der Waals surface area contributed by atoms with Crippen LogP contribution in [0.5, 0.6) is 5.75 Å². The van der Waals surface area contributed by atoms with Gasteiger partial charge < -0.3 is 10.1 Å². The van der Waals surface area contributed by atoms with Crippen LogP contribution in [0.15, 0.2) is 58.1 Å². The highest BCUT2D eigenvalue weighted by atomic mass is 79.9. The van der Waals surface area contributed by atoms with E-state index in [1.807, 2.05) is 0 Å². The summed E-state index contributed by atoms with van der Waals surface area (Å²) in [5, 5.41) is 6.68. The summed E-state index contributed by atoms with van der Waals surface area (Å²) in [5.41, 5.74) is 2.71. The number of hydrogen-bond acceptors (Lipinski definition) is 6. The first-order valence-electron chi connectivity index (χ1n) is 8.50. The van der Waals surface area contributed by atoms with Crippen molar-refractivity contribution >= 4 is 74.5 Å². The van der Waals surface area contributed by atoms with Gasteiger partial charge in [-0.25, -0.2) is 5.43 Å². The molecule has 0 unspecified atom stereocenters. The molecule has 2 N–H and O–H groups in total. The Morgan fingerprint density at radius 3 is 2.57 bits per heavy atom. The highest BCUT2D eigenvalue weighted by molar-refractivity contribution is 9.10. The molecule has 2 aromatic carbocycles. The van der Waals surface area contributed by atoms with Crippen molar-refractivity contribution in [3.05, 3.63) is 58.0 Å². The van der Waals surface area contributed by atoms with Crippen LogP contribution in [-0.2, 0) is 14.4 Å². The van der Waals surface area contributed by atoms with Crippen LogP contribution < -0.4 is 20.4 Å². The number of thiocarbonyl (C=S) groups is 1. The third-order valence-corrected chi connectivity index (χ3v) is 4.95. The molecule has 1 aliphatic heterocycles. The van der Waals surface area contributed by atoms with Gasteiger partial charge in [0.1, 0.15) is 5.75 Å². The van der Waals surface area contributed by atoms with Gasteiger partial charge in [0.15, 0.2) is 17.6 Å². The van der Waals surface area contributed by atoms with Gasteiger partial charge in [0, 0.05) is 15.7 Å². The summed E-state index contributed by atoms with van der Waals surface area (Å²) in [5.74, 6) is -2.57. The number of rotatable bonds is 6. The normalized spacial score (nSPS) is 16.5. The topological polar surface area (TPSA) is 100 Å². The van der Waals surface area contributed by atoms with Gasteiger partial charge in [-0.15, -0.1) is 0 Å². The number of amides is 3. The summed E-state index contributed by atoms with van der Waals surface area (Å²) in [6.07, 6.45) is 1.05. The molecule has 30 heavy (non-hydrogen) atoms. The Hall–Kier alpha value is -2.82. The van der Waals surface area contributed by atoms with E-state index in [9.17, 15) is 14.4 Å². The van der Waals surface area contributed by atoms with Crippen molar-refractivity contribution in [3.63, 3.8) is 0 Å². The lowest BCUT2D eigenvalue weighted by molar-refractivity contribution is -0.130. The lowest BCUT2D eigenvalue weighted by atomic mass is 10.1. The van der Waals surface area contributed by atoms with Crippen LogP contribution in [0, 0.1) is 5.92 Å². The molecular weight excluding hydrogens is 496 g/mol. The monoisotopic (exact) mass is 508 g/mol. The molecule has 0 radical (unpaired) electrons. The fourth-order valence-electron chi connectivity index (χ4n) is 2.45. The molecule has 8 nitrogen and oxygen atoms in total. The van der Waals surface area contributed by atoms with E-state index in [4.69, 9.17) is 28.6 Å². The molecule has 0 spiro atoms. The van der Waals surface area contributed by atoms with Crippen molar-refractivity contribution in [2.75, 3.05) is 11.5 Å². The van der Waals surface area contributed by atoms with E-state index in [0.717, 1.165) is 10.7 Å². The van der Waals surface area contributed by atoms with E-state index in [1.165, 1.54) is 4.90 Å². The number of anilines is 1. The number of carbonyl (C=O) groups excluding carboxylic acids is 3. The molecule has 3 rings (SSSR count). The summed E-state index contributed by atoms with van der Waals surface area (Å²) in [6, 6.07) is 13.3. The molecule has 1 heterocycles. The van der Waals surface area contributed by atoms with Crippen LogP contribution in [0.1, 0.15) is 0 Å². The van der Waals surface area contributed by atoms with Crippen molar-refractivity contribution in [1.82, 2.24) is 10.7 Å². The van der Waals surface area contributed by atoms with E-state index < -0.39 is 23.6 Å². The van der Waals surface area contributed by atoms with Crippen LogP contribution in [0.3, 0.4) is 0 Å². The van der Waals surface area contributed by atoms with Crippen LogP contribution in [0.25, 0.3) is 0 Å². The number of halogens is 2. The minimum atomic E-state index is -1.25. The van der Waals surface area contributed by atoms with Crippen LogP contribution >= 0.6 is 39.7 Å². The second-order valence-electron chi connectivity index (χ2n) is 5.98. The average molecular weight is 510 g/mol. The predicted molar refractivity (Wildman–Crippen MR) is 119 cm³/mol. The van der Waals surface area contributed by atoms with Gasteiger partial charge in [0.2, 0.25) is 5.91 Å². The minimum absolute atomic E-state index is 0.0302. The molecule has 0 aliphatic carbocycles. The first-order chi connectivity index (χ1) is 14.3. The zero-order valence-corrected chi connectivity index (χ0v) is 18.3. The molecule has 11 heteroatoms. The fourth-order valence-corrected chi connectivity index (χ4v) is 3.14. The number of hydrogen-bond donors (Lipinski definition) is 2. The average Bonchev–Trinajstić information content (AvgIpc) is 2.71. The molecular formula is C19H14BrClN4O4S. The first-order valence-corrected chi connectivity index (χ1v) is 10.1. The van der Waals surface area contributed by atoms with Crippen molar-refractivity contribution in [3.8, 4) is 5.75 Å². The Morgan fingerprint density at radius 1 is 1.23 bits per heavy atom. The van der Waals surface area contributed by atoms with E-state index in [1.54, 1.807) is 48.5 Å². The maximum absolute atomic E-state index is 12.8. The highest BCUT2D eigenvalue weighted by Gasteiger charge is 2.38. The third-order valence-electron chi connectivity index (χ3n) is 3.88. The summed E-state index contributed by atoms with van der Waals surface area (Å²) >= 11 is 14.2. The van der Waals surface area contributed by atoms with Crippen molar-refractivity contribution in [1.29, 1.82) is 0 Å². The fraction of sp³-hybridized carbons (Fsp3) is 0.105. The Kier molecular flexibility index (Phi) is 7.14. The van der Waals surface area contributed by atoms with Gasteiger partial charge in [0.25, 0.3) is 11.8 Å². The maximum Gasteiger partial charge on any atom is 0.277 e. The van der Waals surface area contributed by atoms with Gasteiger partial charge in [-0.1, -0.05) is 27.5 Å². The number of carbonyl (C=O) groups is 3. The number of ether oxygens (including phenoxy) is 1. The number of nitrogens with zero attached hydrogens (tertiary/aromatic N) is 2. The lowest BCUT2D eigenvalue weighted by Gasteiger charge is -2.30. The summed E-state index contributed by atoms with van der Waals surface area (Å²) in [4.78, 5) is 38.0. The number of nitrogens with one attached hydrogen (secondary N) is 2. The summed E-state index contributed by atoms with van der Waals surface area (Å²) in [6.45, 7) is -0.307. The predicted octanol–water partition coefficient (Wildman–Crippen LogP) is 2.65. The standard InChI is InChI=1S/C19H14BrClN4O4S/c20-11-1-5-13(6-2-11)25-18(28)15(17(27)23-19(25)30)9-22-24-16(26)10-29-14-7-3-12(21)4-8-14/h1-9,15H,10H2,(H,24,26)(H,23,27,30)/b22-9-/t15-/m1/s1. The molecule has 2 aromatic rings. The summed E-state index contributed by atoms with van der Waals surface area (Å²) < 4.78 is 6.11. The van der Waals surface area contributed by atoms with Crippen molar-refractivity contribution < 1.29 is 19.1 Å². The Balaban J connectivity index is 1.60. The number of benzene rings is 2. The smallest absolute Gasteiger partial charge is 0.277 e. The Morgan fingerprint density at radius 2 is 1.90 bits per heavy atom. The Labute approximate surface area is 190 Å². The van der Waals surface area contributed by atoms with E-state index in [0.29, 0.717) is 16.5 Å². The highest BCUT2D eigenvalue weighted by Crippen LogP contribution is 2.22. The molecule has 154 valence electrons. The van der Waals surface area contributed by atoms with Gasteiger partial charge in [-0.3, -0.25) is 19.3 Å². The zero-order valence-electron chi connectivity index (χ0n) is 15.2. The third kappa shape index (κ3) is 5.41. The van der Waals surface area contributed by atoms with Crippen molar-refractivity contribution in [2.24, 2.45) is 11.0 Å². The molecule has 1 aliphatic rings. The summed E-state index contributed by atoms with van der Waals surface area (Å²) in [7, 11) is 0. The van der Waals surface area contributed by atoms with E-state index >= 15 is 0 Å². The molecule has 3 amide bonds. The van der Waals surface area contributed by atoms with Crippen LogP contribution in [0.2, 0.25) is 5.02 Å². The Bertz CT molecular complexity index is 1010. The van der Waals surface area contributed by atoms with Gasteiger partial charge in [-0.2, -0.15) is 5.10 Å².